The molecular weight excluding hydrogens is 354 g/mol. The summed E-state index contributed by atoms with van der Waals surface area (Å²) in [4.78, 5) is 6.46. The molecule has 1 aromatic carbocycles. The van der Waals surface area contributed by atoms with E-state index < -0.39 is 0 Å². The molecule has 0 amide bonds. The van der Waals surface area contributed by atoms with Crippen LogP contribution in [0, 0.1) is 5.82 Å². The molecule has 24 heavy (non-hydrogen) atoms. The van der Waals surface area contributed by atoms with Gasteiger partial charge in [0.2, 0.25) is 11.9 Å². The number of nitrogens with zero attached hydrogens (tertiary/aromatic N) is 6. The molecule has 3 rings (SSSR count). The van der Waals surface area contributed by atoms with Crippen LogP contribution in [0.15, 0.2) is 24.3 Å². The molecule has 1 aliphatic rings. The molecule has 9 heteroatoms. The largest absolute Gasteiger partial charge is 0.338 e. The molecule has 1 saturated heterocycles. The van der Waals surface area contributed by atoms with Gasteiger partial charge in [0.25, 0.3) is 0 Å². The standard InChI is InChI=1S/C15H21FN6.2ClH/c1-19-8-10-22(11-9-19)15-18-17-14(21(15)3)20(2)13-6-4-12(16)5-7-13;;/h4-7H,8-11H2,1-3H3;2*1H. The first-order chi connectivity index (χ1) is 10.6. The first-order valence-corrected chi connectivity index (χ1v) is 7.38. The van der Waals surface area contributed by atoms with Crippen molar-refractivity contribution in [2.45, 2.75) is 0 Å². The summed E-state index contributed by atoms with van der Waals surface area (Å²) < 4.78 is 15.0. The van der Waals surface area contributed by atoms with Gasteiger partial charge >= 0.3 is 0 Å². The molecule has 0 N–H and O–H groups in total. The van der Waals surface area contributed by atoms with E-state index in [2.05, 4.69) is 27.0 Å². The highest BCUT2D eigenvalue weighted by atomic mass is 35.5. The Bertz CT molecular complexity index is 640. The first-order valence-electron chi connectivity index (χ1n) is 7.38. The van der Waals surface area contributed by atoms with Crippen LogP contribution in [0.4, 0.5) is 22.0 Å². The zero-order chi connectivity index (χ0) is 15.7. The van der Waals surface area contributed by atoms with E-state index in [0.717, 1.165) is 43.8 Å². The number of hydrogen-bond acceptors (Lipinski definition) is 5. The van der Waals surface area contributed by atoms with Gasteiger partial charge in [0.05, 0.1) is 0 Å². The Morgan fingerprint density at radius 1 is 0.958 bits per heavy atom. The highest BCUT2D eigenvalue weighted by Gasteiger charge is 2.21. The molecule has 0 aliphatic carbocycles. The number of piperazine rings is 1. The normalized spacial score (nSPS) is 14.8. The maximum absolute atomic E-state index is 13.0. The second-order valence-corrected chi connectivity index (χ2v) is 5.68. The van der Waals surface area contributed by atoms with Gasteiger partial charge in [0.15, 0.2) is 0 Å². The predicted molar refractivity (Wildman–Crippen MR) is 99.7 cm³/mol. The third-order valence-electron chi connectivity index (χ3n) is 4.13. The van der Waals surface area contributed by atoms with Crippen molar-refractivity contribution in [2.75, 3.05) is 50.1 Å². The molecule has 0 saturated carbocycles. The summed E-state index contributed by atoms with van der Waals surface area (Å²) in [5.41, 5.74) is 0.877. The molecule has 6 nitrogen and oxygen atoms in total. The Hall–Kier alpha value is -1.57. The Labute approximate surface area is 154 Å². The van der Waals surface area contributed by atoms with Crippen molar-refractivity contribution < 1.29 is 4.39 Å². The van der Waals surface area contributed by atoms with E-state index in [0.29, 0.717) is 0 Å². The van der Waals surface area contributed by atoms with Gasteiger partial charge < -0.3 is 14.7 Å². The summed E-state index contributed by atoms with van der Waals surface area (Å²) in [6, 6.07) is 6.37. The fraction of sp³-hybridized carbons (Fsp3) is 0.467. The lowest BCUT2D eigenvalue weighted by atomic mass is 10.3. The van der Waals surface area contributed by atoms with Gasteiger partial charge in [-0.1, -0.05) is 0 Å². The Morgan fingerprint density at radius 3 is 2.12 bits per heavy atom. The Balaban J connectivity index is 0.00000144. The van der Waals surface area contributed by atoms with Gasteiger partial charge in [-0.2, -0.15) is 0 Å². The lowest BCUT2D eigenvalue weighted by Crippen LogP contribution is -2.45. The van der Waals surface area contributed by atoms with Crippen LogP contribution in [0.3, 0.4) is 0 Å². The molecule has 0 unspecified atom stereocenters. The van der Waals surface area contributed by atoms with Crippen LogP contribution in [0.2, 0.25) is 0 Å². The quantitative estimate of drug-likeness (QED) is 0.821. The number of benzene rings is 1. The number of aromatic nitrogens is 3. The summed E-state index contributed by atoms with van der Waals surface area (Å²) in [6.07, 6.45) is 0. The summed E-state index contributed by atoms with van der Waals surface area (Å²) in [7, 11) is 6.00. The molecule has 0 bridgehead atoms. The minimum absolute atomic E-state index is 0. The zero-order valence-electron chi connectivity index (χ0n) is 14.0. The van der Waals surface area contributed by atoms with Crippen LogP contribution in [0.25, 0.3) is 0 Å². The highest BCUT2D eigenvalue weighted by Crippen LogP contribution is 2.25. The van der Waals surface area contributed by atoms with E-state index >= 15 is 0 Å². The molecule has 0 atom stereocenters. The molecule has 2 heterocycles. The van der Waals surface area contributed by atoms with E-state index in [4.69, 9.17) is 0 Å². The topological polar surface area (TPSA) is 40.4 Å². The average molecular weight is 377 g/mol. The lowest BCUT2D eigenvalue weighted by Gasteiger charge is -2.32. The van der Waals surface area contributed by atoms with Crippen molar-refractivity contribution in [3.8, 4) is 0 Å². The molecule has 1 fully saturated rings. The van der Waals surface area contributed by atoms with Crippen LogP contribution >= 0.6 is 24.8 Å². The smallest absolute Gasteiger partial charge is 0.232 e. The maximum atomic E-state index is 13.0. The Morgan fingerprint density at radius 2 is 1.54 bits per heavy atom. The minimum Gasteiger partial charge on any atom is -0.338 e. The average Bonchev–Trinajstić information content (AvgIpc) is 2.90. The van der Waals surface area contributed by atoms with Gasteiger partial charge in [-0.25, -0.2) is 4.39 Å². The number of hydrogen-bond donors (Lipinski definition) is 0. The fourth-order valence-corrected chi connectivity index (χ4v) is 2.67. The van der Waals surface area contributed by atoms with Gasteiger partial charge in [-0.3, -0.25) is 4.57 Å². The van der Waals surface area contributed by atoms with Crippen molar-refractivity contribution in [3.05, 3.63) is 30.1 Å². The maximum Gasteiger partial charge on any atom is 0.232 e. The molecular formula is C15H23Cl2FN6. The second kappa shape index (κ2) is 8.50. The number of anilines is 3. The van der Waals surface area contributed by atoms with E-state index in [1.807, 2.05) is 23.6 Å². The third kappa shape index (κ3) is 4.09. The third-order valence-corrected chi connectivity index (χ3v) is 4.13. The Kier molecular flexibility index (Phi) is 7.26. The van der Waals surface area contributed by atoms with E-state index in [-0.39, 0.29) is 30.6 Å². The van der Waals surface area contributed by atoms with E-state index in [1.165, 1.54) is 12.1 Å². The van der Waals surface area contributed by atoms with E-state index in [9.17, 15) is 4.39 Å². The molecule has 0 radical (unpaired) electrons. The first kappa shape index (κ1) is 20.5. The van der Waals surface area contributed by atoms with Gasteiger partial charge in [0, 0.05) is 46.0 Å². The number of likely N-dealkylation sites (N-methyl/N-ethyl adjacent to an activating group) is 1. The van der Waals surface area contributed by atoms with Crippen molar-refractivity contribution in [2.24, 2.45) is 7.05 Å². The van der Waals surface area contributed by atoms with Crippen molar-refractivity contribution in [1.29, 1.82) is 0 Å². The summed E-state index contributed by atoms with van der Waals surface area (Å²) in [5, 5.41) is 8.63. The summed E-state index contributed by atoms with van der Waals surface area (Å²) in [6.45, 7) is 3.94. The monoisotopic (exact) mass is 376 g/mol. The second-order valence-electron chi connectivity index (χ2n) is 5.68. The van der Waals surface area contributed by atoms with Crippen molar-refractivity contribution in [3.63, 3.8) is 0 Å². The van der Waals surface area contributed by atoms with Crippen LogP contribution in [-0.4, -0.2) is 59.9 Å². The molecule has 1 aliphatic heterocycles. The minimum atomic E-state index is -0.242. The fourth-order valence-electron chi connectivity index (χ4n) is 2.67. The summed E-state index contributed by atoms with van der Waals surface area (Å²) >= 11 is 0. The van der Waals surface area contributed by atoms with Crippen LogP contribution in [0.5, 0.6) is 0 Å². The molecule has 134 valence electrons. The van der Waals surface area contributed by atoms with Crippen molar-refractivity contribution >= 4 is 42.4 Å². The van der Waals surface area contributed by atoms with Gasteiger partial charge in [-0.05, 0) is 31.3 Å². The van der Waals surface area contributed by atoms with Crippen molar-refractivity contribution in [1.82, 2.24) is 19.7 Å². The van der Waals surface area contributed by atoms with Crippen LogP contribution in [0.1, 0.15) is 0 Å². The SMILES string of the molecule is CN1CCN(c2nnc(N(C)c3ccc(F)cc3)n2C)CC1.Cl.Cl. The zero-order valence-corrected chi connectivity index (χ0v) is 15.6. The van der Waals surface area contributed by atoms with Crippen LogP contribution in [-0.2, 0) is 7.05 Å². The van der Waals surface area contributed by atoms with E-state index in [1.54, 1.807) is 12.1 Å². The molecule has 2 aromatic rings. The summed E-state index contributed by atoms with van der Waals surface area (Å²) in [5.74, 6) is 1.37. The van der Waals surface area contributed by atoms with Crippen LogP contribution < -0.4 is 9.80 Å². The predicted octanol–water partition coefficient (Wildman–Crippen LogP) is 2.32. The molecule has 0 spiro atoms. The number of rotatable bonds is 3. The lowest BCUT2D eigenvalue weighted by molar-refractivity contribution is 0.310. The highest BCUT2D eigenvalue weighted by molar-refractivity contribution is 5.85. The number of halogens is 3. The molecule has 1 aromatic heterocycles. The van der Waals surface area contributed by atoms with Gasteiger partial charge in [-0.15, -0.1) is 35.0 Å². The van der Waals surface area contributed by atoms with Gasteiger partial charge in [0.1, 0.15) is 5.82 Å².